The minimum Gasteiger partial charge on any atom is -0.468 e. The summed E-state index contributed by atoms with van der Waals surface area (Å²) in [5, 5.41) is 5.54. The van der Waals surface area contributed by atoms with Gasteiger partial charge in [-0.05, 0) is 51.0 Å². The van der Waals surface area contributed by atoms with Gasteiger partial charge in [-0.15, -0.1) is 0 Å². The zero-order valence-corrected chi connectivity index (χ0v) is 22.1. The summed E-state index contributed by atoms with van der Waals surface area (Å²) in [6.45, 7) is 10.6. The molecule has 0 aromatic heterocycles. The van der Waals surface area contributed by atoms with E-state index >= 15 is 0 Å². The number of alkyl halides is 3. The van der Waals surface area contributed by atoms with Gasteiger partial charge in [0.1, 0.15) is 6.04 Å². The predicted molar refractivity (Wildman–Crippen MR) is 130 cm³/mol. The average Bonchev–Trinajstić information content (AvgIpc) is 2.72. The minimum atomic E-state index is -4.95. The Bertz CT molecular complexity index is 867. The van der Waals surface area contributed by atoms with Gasteiger partial charge in [0.05, 0.1) is 19.8 Å². The van der Waals surface area contributed by atoms with Crippen LogP contribution >= 0.6 is 0 Å². The molecule has 204 valence electrons. The molecule has 2 N–H and O–H groups in total. The second-order valence-corrected chi connectivity index (χ2v) is 10.7. The van der Waals surface area contributed by atoms with Gasteiger partial charge in [-0.3, -0.25) is 19.7 Å². The van der Waals surface area contributed by atoms with E-state index in [1.54, 1.807) is 44.2 Å². The van der Waals surface area contributed by atoms with E-state index in [1.807, 2.05) is 20.8 Å². The molecule has 7 nitrogen and oxygen atoms in total. The van der Waals surface area contributed by atoms with E-state index < -0.39 is 54.0 Å². The van der Waals surface area contributed by atoms with Crippen LogP contribution in [0.5, 0.6) is 0 Å². The smallest absolute Gasteiger partial charge is 0.402 e. The lowest BCUT2D eigenvalue weighted by Crippen LogP contribution is -2.58. The fourth-order valence-electron chi connectivity index (χ4n) is 4.33. The summed E-state index contributed by atoms with van der Waals surface area (Å²) >= 11 is 0. The molecule has 1 amide bonds. The number of halogens is 3. The molecular formula is C26H39F3N2O5. The van der Waals surface area contributed by atoms with Crippen LogP contribution in [0.3, 0.4) is 0 Å². The first-order valence-corrected chi connectivity index (χ1v) is 11.9. The van der Waals surface area contributed by atoms with E-state index in [0.29, 0.717) is 12.0 Å². The molecule has 1 aromatic rings. The first-order valence-electron chi connectivity index (χ1n) is 11.9. The summed E-state index contributed by atoms with van der Waals surface area (Å²) in [7, 11) is 1.15. The van der Waals surface area contributed by atoms with Crippen LogP contribution in [0, 0.1) is 11.3 Å². The molecule has 0 aliphatic rings. The number of methoxy groups -OCH3 is 1. The Kier molecular flexibility index (Phi) is 11.4. The SMILES string of the molecule is CCOC(=O)C(CC(NC(Cc1ccccc1)C(=O)OC)C(=O)NC(C)(C)CC(C)(C)C)C(F)(F)F. The number of nitrogens with one attached hydrogen (secondary N) is 2. The van der Waals surface area contributed by atoms with Crippen molar-refractivity contribution in [2.24, 2.45) is 11.3 Å². The number of benzene rings is 1. The number of rotatable bonds is 12. The van der Waals surface area contributed by atoms with Gasteiger partial charge in [0.25, 0.3) is 0 Å². The molecule has 0 aliphatic carbocycles. The van der Waals surface area contributed by atoms with E-state index in [1.165, 1.54) is 6.92 Å². The Morgan fingerprint density at radius 2 is 1.53 bits per heavy atom. The fourth-order valence-corrected chi connectivity index (χ4v) is 4.33. The second kappa shape index (κ2) is 13.1. The Morgan fingerprint density at radius 1 is 0.944 bits per heavy atom. The Balaban J connectivity index is 3.35. The summed E-state index contributed by atoms with van der Waals surface area (Å²) < 4.78 is 51.0. The molecule has 3 atom stereocenters. The van der Waals surface area contributed by atoms with Crippen molar-refractivity contribution in [2.45, 2.75) is 84.6 Å². The van der Waals surface area contributed by atoms with Crippen molar-refractivity contribution in [3.63, 3.8) is 0 Å². The normalized spacial score (nSPS) is 14.9. The molecule has 1 aromatic carbocycles. The molecular weight excluding hydrogens is 477 g/mol. The van der Waals surface area contributed by atoms with Gasteiger partial charge in [0.2, 0.25) is 5.91 Å². The Labute approximate surface area is 211 Å². The highest BCUT2D eigenvalue weighted by molar-refractivity contribution is 5.85. The zero-order chi connectivity index (χ0) is 27.7. The highest BCUT2D eigenvalue weighted by Gasteiger charge is 2.48. The number of esters is 2. The molecule has 10 heteroatoms. The van der Waals surface area contributed by atoms with Crippen molar-refractivity contribution in [2.75, 3.05) is 13.7 Å². The van der Waals surface area contributed by atoms with Gasteiger partial charge >= 0.3 is 18.1 Å². The van der Waals surface area contributed by atoms with Gasteiger partial charge in [0, 0.05) is 5.54 Å². The van der Waals surface area contributed by atoms with Crippen molar-refractivity contribution in [3.05, 3.63) is 35.9 Å². The van der Waals surface area contributed by atoms with Crippen molar-refractivity contribution >= 4 is 17.8 Å². The van der Waals surface area contributed by atoms with Crippen LogP contribution in [0.4, 0.5) is 13.2 Å². The van der Waals surface area contributed by atoms with Crippen LogP contribution < -0.4 is 10.6 Å². The van der Waals surface area contributed by atoms with Crippen LogP contribution in [0.2, 0.25) is 0 Å². The number of carbonyl (C=O) groups is 3. The summed E-state index contributed by atoms with van der Waals surface area (Å²) in [6, 6.07) is 6.12. The molecule has 0 saturated heterocycles. The van der Waals surface area contributed by atoms with E-state index in [9.17, 15) is 27.6 Å². The molecule has 0 fully saturated rings. The average molecular weight is 517 g/mol. The third-order valence-corrected chi connectivity index (χ3v) is 5.36. The van der Waals surface area contributed by atoms with Crippen LogP contribution in [0.25, 0.3) is 0 Å². The molecule has 36 heavy (non-hydrogen) atoms. The third-order valence-electron chi connectivity index (χ3n) is 5.36. The largest absolute Gasteiger partial charge is 0.468 e. The molecule has 3 unspecified atom stereocenters. The van der Waals surface area contributed by atoms with E-state index in [4.69, 9.17) is 4.74 Å². The van der Waals surface area contributed by atoms with E-state index in [0.717, 1.165) is 7.11 Å². The van der Waals surface area contributed by atoms with Gasteiger partial charge in [-0.2, -0.15) is 13.2 Å². The highest BCUT2D eigenvalue weighted by atomic mass is 19.4. The Morgan fingerprint density at radius 3 is 2.00 bits per heavy atom. The van der Waals surface area contributed by atoms with Gasteiger partial charge in [-0.1, -0.05) is 51.1 Å². The first kappa shape index (κ1) is 31.4. The third kappa shape index (κ3) is 11.0. The van der Waals surface area contributed by atoms with Crippen LogP contribution in [-0.2, 0) is 30.3 Å². The summed E-state index contributed by atoms with van der Waals surface area (Å²) in [6.07, 6.45) is -5.29. The van der Waals surface area contributed by atoms with E-state index in [2.05, 4.69) is 15.4 Å². The monoisotopic (exact) mass is 516 g/mol. The maximum Gasteiger partial charge on any atom is 0.402 e. The summed E-state index contributed by atoms with van der Waals surface area (Å²) in [5.41, 5.74) is -0.237. The van der Waals surface area contributed by atoms with Crippen LogP contribution in [0.15, 0.2) is 30.3 Å². The lowest BCUT2D eigenvalue weighted by Gasteiger charge is -2.35. The number of ether oxygens (including phenoxy) is 2. The maximum atomic E-state index is 13.8. The molecule has 0 bridgehead atoms. The maximum absolute atomic E-state index is 13.8. The highest BCUT2D eigenvalue weighted by Crippen LogP contribution is 2.32. The van der Waals surface area contributed by atoms with Gasteiger partial charge < -0.3 is 14.8 Å². The van der Waals surface area contributed by atoms with Crippen LogP contribution in [-0.4, -0.2) is 55.4 Å². The van der Waals surface area contributed by atoms with E-state index in [-0.39, 0.29) is 18.4 Å². The fraction of sp³-hybridized carbons (Fsp3) is 0.654. The van der Waals surface area contributed by atoms with Gasteiger partial charge in [-0.25, -0.2) is 0 Å². The van der Waals surface area contributed by atoms with Gasteiger partial charge in [0.15, 0.2) is 5.92 Å². The number of hydrogen-bond donors (Lipinski definition) is 2. The molecule has 0 saturated carbocycles. The molecule has 0 spiro atoms. The quantitative estimate of drug-likeness (QED) is 0.405. The summed E-state index contributed by atoms with van der Waals surface area (Å²) in [5.74, 6) is -5.53. The van der Waals surface area contributed by atoms with Crippen molar-refractivity contribution in [1.29, 1.82) is 0 Å². The lowest BCUT2D eigenvalue weighted by atomic mass is 9.81. The number of hydrogen-bond acceptors (Lipinski definition) is 6. The van der Waals surface area contributed by atoms with Crippen LogP contribution in [0.1, 0.15) is 59.9 Å². The molecule has 0 radical (unpaired) electrons. The van der Waals surface area contributed by atoms with Crippen molar-refractivity contribution in [3.8, 4) is 0 Å². The number of amides is 1. The number of carbonyl (C=O) groups excluding carboxylic acids is 3. The predicted octanol–water partition coefficient (Wildman–Crippen LogP) is 4.19. The second-order valence-electron chi connectivity index (χ2n) is 10.7. The Hall–Kier alpha value is -2.62. The lowest BCUT2D eigenvalue weighted by molar-refractivity contribution is -0.199. The first-order chi connectivity index (χ1) is 16.5. The standard InChI is InChI=1S/C26H39F3N2O5/c1-8-36-22(33)18(26(27,28)29)15-19(21(32)31-25(5,6)16-24(2,3)4)30-20(23(34)35-7)14-17-12-10-9-11-13-17/h9-13,18-20,30H,8,14-16H2,1-7H3,(H,31,32). The topological polar surface area (TPSA) is 93.7 Å². The molecule has 0 heterocycles. The van der Waals surface area contributed by atoms with Crippen molar-refractivity contribution in [1.82, 2.24) is 10.6 Å². The zero-order valence-electron chi connectivity index (χ0n) is 22.1. The molecule has 0 aliphatic heterocycles. The van der Waals surface area contributed by atoms with Crippen molar-refractivity contribution < 1.29 is 37.0 Å². The summed E-state index contributed by atoms with van der Waals surface area (Å²) in [4.78, 5) is 38.1. The molecule has 1 rings (SSSR count). The minimum absolute atomic E-state index is 0.0682.